The Morgan fingerprint density at radius 1 is 1.50 bits per heavy atom. The molecule has 0 aromatic carbocycles. The van der Waals surface area contributed by atoms with Crippen molar-refractivity contribution in [2.24, 2.45) is 5.16 Å². The van der Waals surface area contributed by atoms with Crippen molar-refractivity contribution in [3.05, 3.63) is 41.6 Å². The standard InChI is InChI=1S/C16H13FN8O5S2/c17-7-1-19-5-24(3-7)2-6-4-31-14-9(13(27)25(14)10(6)15(28)29)20-12(26)8(22-30)11-21-16(18)32-23-11/h1,3,5,9,14H,2,4H2,(H4-,18,20,21,23,26,28,29,30)/t9-,14?/m1/s1. The number of nitrogen functional groups attached to an aromatic ring is 1. The monoisotopic (exact) mass is 480 g/mol. The zero-order valence-electron chi connectivity index (χ0n) is 15.8. The first kappa shape index (κ1) is 21.6. The van der Waals surface area contributed by atoms with Crippen molar-refractivity contribution in [3.8, 4) is 0 Å². The van der Waals surface area contributed by atoms with Crippen LogP contribution in [-0.4, -0.2) is 65.1 Å². The molecule has 2 aliphatic rings. The summed E-state index contributed by atoms with van der Waals surface area (Å²) in [5, 5.41) is 25.5. The van der Waals surface area contributed by atoms with Crippen LogP contribution in [0.3, 0.4) is 0 Å². The third kappa shape index (κ3) is 3.84. The first-order valence-corrected chi connectivity index (χ1v) is 10.6. The maximum atomic E-state index is 13.4. The molecular weight excluding hydrogens is 467 g/mol. The summed E-state index contributed by atoms with van der Waals surface area (Å²) in [6.07, 6.45) is 3.46. The number of β-lactam (4-membered cyclic amide) rings is 1. The second-order valence-corrected chi connectivity index (χ2v) is 8.47. The summed E-state index contributed by atoms with van der Waals surface area (Å²) >= 11 is 1.99. The fraction of sp³-hybridized carbons (Fsp3) is 0.250. The van der Waals surface area contributed by atoms with Gasteiger partial charge in [-0.05, 0) is 0 Å². The van der Waals surface area contributed by atoms with E-state index < -0.39 is 40.7 Å². The number of anilines is 1. The number of oxime groups is 1. The number of thioether (sulfide) groups is 1. The van der Waals surface area contributed by atoms with E-state index >= 15 is 0 Å². The van der Waals surface area contributed by atoms with Crippen molar-refractivity contribution in [1.82, 2.24) is 24.6 Å². The van der Waals surface area contributed by atoms with E-state index in [9.17, 15) is 23.9 Å². The minimum atomic E-state index is -1.58. The molecule has 32 heavy (non-hydrogen) atoms. The molecule has 1 unspecified atom stereocenters. The number of aromatic nitrogens is 4. The number of carbonyl (C=O) groups excluding carboxylic acids is 3. The van der Waals surface area contributed by atoms with E-state index in [1.54, 1.807) is 0 Å². The van der Waals surface area contributed by atoms with Gasteiger partial charge in [0.1, 0.15) is 24.2 Å². The molecule has 0 spiro atoms. The normalized spacial score (nSPS) is 20.6. The van der Waals surface area contributed by atoms with Gasteiger partial charge < -0.3 is 26.2 Å². The van der Waals surface area contributed by atoms with Gasteiger partial charge in [-0.15, -0.1) is 11.8 Å². The molecular formula is C16H13FN8O5S2. The number of nitrogens with one attached hydrogen (secondary N) is 1. The Morgan fingerprint density at radius 3 is 2.91 bits per heavy atom. The SMILES string of the molecule is Nc1nc(/C(=N/O)C(=O)N[C@@H]2C(=O)N3C(C(=O)[O-])=C(C[n+]4cncc(F)c4)CSC23)ns1. The minimum absolute atomic E-state index is 0.0210. The lowest BCUT2D eigenvalue weighted by atomic mass is 10.0. The number of fused-ring (bicyclic) bond motifs is 1. The van der Waals surface area contributed by atoms with E-state index in [1.165, 1.54) is 22.7 Å². The highest BCUT2D eigenvalue weighted by Gasteiger charge is 2.53. The van der Waals surface area contributed by atoms with Crippen LogP contribution in [0.5, 0.6) is 0 Å². The van der Waals surface area contributed by atoms with Gasteiger partial charge in [0.25, 0.3) is 18.1 Å². The van der Waals surface area contributed by atoms with Gasteiger partial charge in [0.15, 0.2) is 11.3 Å². The predicted octanol–water partition coefficient (Wildman–Crippen LogP) is -2.78. The summed E-state index contributed by atoms with van der Waals surface area (Å²) < 4.78 is 18.5. The first-order chi connectivity index (χ1) is 15.3. The third-order valence-electron chi connectivity index (χ3n) is 4.57. The van der Waals surface area contributed by atoms with E-state index in [0.29, 0.717) is 5.57 Å². The Balaban J connectivity index is 1.53. The Morgan fingerprint density at radius 2 is 2.28 bits per heavy atom. The lowest BCUT2D eigenvalue weighted by molar-refractivity contribution is -0.693. The van der Waals surface area contributed by atoms with Crippen molar-refractivity contribution in [3.63, 3.8) is 0 Å². The van der Waals surface area contributed by atoms with Crippen LogP contribution in [0.1, 0.15) is 5.82 Å². The number of hydrogen-bond donors (Lipinski definition) is 3. The number of carbonyl (C=O) groups is 3. The highest BCUT2D eigenvalue weighted by atomic mass is 32.2. The number of amides is 2. The van der Waals surface area contributed by atoms with E-state index in [0.717, 1.165) is 28.8 Å². The molecule has 0 saturated carbocycles. The molecule has 1 saturated heterocycles. The molecule has 2 amide bonds. The molecule has 4 heterocycles. The topological polar surface area (TPSA) is 191 Å². The van der Waals surface area contributed by atoms with Gasteiger partial charge in [0.05, 0.1) is 11.7 Å². The fourth-order valence-corrected chi connectivity index (χ4v) is 5.02. The molecule has 2 aromatic rings. The van der Waals surface area contributed by atoms with Crippen LogP contribution in [0.4, 0.5) is 9.52 Å². The molecule has 0 aliphatic carbocycles. The lowest BCUT2D eigenvalue weighted by Gasteiger charge is -2.50. The number of hydrogen-bond acceptors (Lipinski definition) is 12. The molecule has 0 radical (unpaired) electrons. The smallest absolute Gasteiger partial charge is 0.286 e. The molecule has 13 nitrogen and oxygen atoms in total. The first-order valence-electron chi connectivity index (χ1n) is 8.80. The quantitative estimate of drug-likeness (QED) is 0.128. The third-order valence-corrected chi connectivity index (χ3v) is 6.45. The van der Waals surface area contributed by atoms with Crippen LogP contribution in [0.2, 0.25) is 0 Å². The van der Waals surface area contributed by atoms with Gasteiger partial charge in [0, 0.05) is 22.9 Å². The average Bonchev–Trinajstić information content (AvgIpc) is 3.17. The van der Waals surface area contributed by atoms with Crippen LogP contribution < -0.4 is 20.7 Å². The molecule has 0 bridgehead atoms. The van der Waals surface area contributed by atoms with Crippen LogP contribution in [-0.2, 0) is 20.9 Å². The zero-order chi connectivity index (χ0) is 23.0. The predicted molar refractivity (Wildman–Crippen MR) is 104 cm³/mol. The van der Waals surface area contributed by atoms with Crippen molar-refractivity contribution in [1.29, 1.82) is 0 Å². The van der Waals surface area contributed by atoms with Crippen LogP contribution in [0.15, 0.2) is 35.1 Å². The number of carboxylic acids is 1. The van der Waals surface area contributed by atoms with Crippen molar-refractivity contribution < 1.29 is 33.7 Å². The van der Waals surface area contributed by atoms with E-state index in [-0.39, 0.29) is 29.0 Å². The summed E-state index contributed by atoms with van der Waals surface area (Å²) in [5.74, 6) is -3.85. The molecule has 2 atom stereocenters. The van der Waals surface area contributed by atoms with Crippen LogP contribution in [0, 0.1) is 5.82 Å². The largest absolute Gasteiger partial charge is 0.543 e. The average molecular weight is 480 g/mol. The molecule has 2 aliphatic heterocycles. The molecule has 16 heteroatoms. The van der Waals surface area contributed by atoms with E-state index in [2.05, 4.69) is 24.8 Å². The Bertz CT molecular complexity index is 1180. The maximum absolute atomic E-state index is 13.4. The Labute approximate surface area is 186 Å². The summed E-state index contributed by atoms with van der Waals surface area (Å²) in [5.41, 5.74) is 4.89. The summed E-state index contributed by atoms with van der Waals surface area (Å²) in [6, 6.07) is -1.08. The second-order valence-electron chi connectivity index (χ2n) is 6.59. The lowest BCUT2D eigenvalue weighted by Crippen LogP contribution is -2.71. The number of rotatable bonds is 6. The summed E-state index contributed by atoms with van der Waals surface area (Å²) in [7, 11) is 0. The van der Waals surface area contributed by atoms with Gasteiger partial charge in [0.2, 0.25) is 17.4 Å². The number of nitrogens with two attached hydrogens (primary N) is 1. The number of aliphatic carboxylic acids is 1. The highest BCUT2D eigenvalue weighted by molar-refractivity contribution is 8.00. The molecule has 2 aromatic heterocycles. The van der Waals surface area contributed by atoms with Crippen LogP contribution >= 0.6 is 23.3 Å². The van der Waals surface area contributed by atoms with E-state index in [1.807, 2.05) is 0 Å². The molecule has 166 valence electrons. The van der Waals surface area contributed by atoms with Crippen molar-refractivity contribution in [2.75, 3.05) is 11.5 Å². The zero-order valence-corrected chi connectivity index (χ0v) is 17.5. The Hall–Kier alpha value is -3.66. The van der Waals surface area contributed by atoms with E-state index in [4.69, 9.17) is 10.9 Å². The van der Waals surface area contributed by atoms with Gasteiger partial charge in [-0.25, -0.2) is 4.57 Å². The molecule has 4 N–H and O–H groups in total. The Kier molecular flexibility index (Phi) is 5.70. The molecule has 1 fully saturated rings. The van der Waals surface area contributed by atoms with Crippen molar-refractivity contribution in [2.45, 2.75) is 18.0 Å². The van der Waals surface area contributed by atoms with Gasteiger partial charge in [-0.1, -0.05) is 10.1 Å². The second kappa shape index (κ2) is 8.46. The van der Waals surface area contributed by atoms with Gasteiger partial charge in [-0.2, -0.15) is 13.7 Å². The summed E-state index contributed by atoms with van der Waals surface area (Å²) in [4.78, 5) is 45.4. The fourth-order valence-electron chi connectivity index (χ4n) is 3.25. The number of nitrogens with zero attached hydrogens (tertiary/aromatic N) is 6. The minimum Gasteiger partial charge on any atom is -0.543 e. The van der Waals surface area contributed by atoms with Crippen molar-refractivity contribution >= 4 is 51.9 Å². The van der Waals surface area contributed by atoms with Gasteiger partial charge in [-0.3, -0.25) is 14.5 Å². The van der Waals surface area contributed by atoms with Gasteiger partial charge >= 0.3 is 0 Å². The highest BCUT2D eigenvalue weighted by Crippen LogP contribution is 2.40. The maximum Gasteiger partial charge on any atom is 0.286 e. The number of halogens is 1. The molecule has 4 rings (SSSR count). The summed E-state index contributed by atoms with van der Waals surface area (Å²) in [6.45, 7) is -0.0210. The van der Waals surface area contributed by atoms with Crippen LogP contribution in [0.25, 0.3) is 0 Å². The number of carboxylic acid groups (broad SMARTS) is 1.